The number of fused-ring (bicyclic) bond motifs is 4. The summed E-state index contributed by atoms with van der Waals surface area (Å²) in [5.74, 6) is 2.92. The SMILES string of the molecule is CCC(C)OC(=O)OC1CCC2(C)C3=C(CCC2C1)C1CCC(C(C)C=C(C)C)C1(C)CC3. The second-order valence-electron chi connectivity index (χ2n) is 12.6. The van der Waals surface area contributed by atoms with Gasteiger partial charge in [-0.1, -0.05) is 50.5 Å². The summed E-state index contributed by atoms with van der Waals surface area (Å²) in [6, 6.07) is 0. The number of carbonyl (C=O) groups excluding carboxylic acids is 1. The third kappa shape index (κ3) is 4.55. The van der Waals surface area contributed by atoms with Gasteiger partial charge in [-0.2, -0.15) is 0 Å². The van der Waals surface area contributed by atoms with Gasteiger partial charge in [0.05, 0.1) is 0 Å². The van der Waals surface area contributed by atoms with Crippen molar-refractivity contribution in [3.8, 4) is 0 Å². The lowest BCUT2D eigenvalue weighted by Crippen LogP contribution is -2.46. The quantitative estimate of drug-likeness (QED) is 0.307. The van der Waals surface area contributed by atoms with Crippen LogP contribution in [0.5, 0.6) is 0 Å². The molecule has 2 fully saturated rings. The highest BCUT2D eigenvalue weighted by molar-refractivity contribution is 5.60. The maximum Gasteiger partial charge on any atom is 0.508 e. The predicted octanol–water partition coefficient (Wildman–Crippen LogP) is 8.63. The summed E-state index contributed by atoms with van der Waals surface area (Å²) in [5.41, 5.74) is 5.90. The second kappa shape index (κ2) is 9.42. The molecule has 0 aromatic heterocycles. The molecular formula is C30H48O3. The van der Waals surface area contributed by atoms with Crippen LogP contribution in [-0.2, 0) is 9.47 Å². The van der Waals surface area contributed by atoms with Crippen LogP contribution >= 0.6 is 0 Å². The minimum Gasteiger partial charge on any atom is -0.431 e. The van der Waals surface area contributed by atoms with Crippen molar-refractivity contribution in [3.63, 3.8) is 0 Å². The van der Waals surface area contributed by atoms with Crippen LogP contribution in [-0.4, -0.2) is 18.4 Å². The summed E-state index contributed by atoms with van der Waals surface area (Å²) in [5, 5.41) is 0. The largest absolute Gasteiger partial charge is 0.508 e. The van der Waals surface area contributed by atoms with Crippen LogP contribution in [0.25, 0.3) is 0 Å². The molecule has 0 aliphatic heterocycles. The predicted molar refractivity (Wildman–Crippen MR) is 135 cm³/mol. The zero-order valence-corrected chi connectivity index (χ0v) is 22.3. The van der Waals surface area contributed by atoms with Crippen LogP contribution in [0.4, 0.5) is 4.79 Å². The molecule has 186 valence electrons. The van der Waals surface area contributed by atoms with Crippen molar-refractivity contribution in [2.75, 3.05) is 0 Å². The topological polar surface area (TPSA) is 35.5 Å². The van der Waals surface area contributed by atoms with Crippen molar-refractivity contribution in [1.82, 2.24) is 0 Å². The minimum atomic E-state index is -0.468. The summed E-state index contributed by atoms with van der Waals surface area (Å²) < 4.78 is 11.2. The van der Waals surface area contributed by atoms with Crippen LogP contribution in [0.2, 0.25) is 0 Å². The van der Waals surface area contributed by atoms with Gasteiger partial charge in [0, 0.05) is 0 Å². The number of hydrogen-bond acceptors (Lipinski definition) is 3. The number of hydrogen-bond donors (Lipinski definition) is 0. The molecule has 0 bridgehead atoms. The zero-order valence-electron chi connectivity index (χ0n) is 22.3. The summed E-state index contributed by atoms with van der Waals surface area (Å²) in [6.07, 6.45) is 13.9. The summed E-state index contributed by atoms with van der Waals surface area (Å²) in [7, 11) is 0. The van der Waals surface area contributed by atoms with E-state index in [0.717, 1.165) is 37.5 Å². The number of allylic oxidation sites excluding steroid dienone is 4. The molecule has 4 rings (SSSR count). The molecule has 2 saturated carbocycles. The van der Waals surface area contributed by atoms with Gasteiger partial charge in [0.1, 0.15) is 12.2 Å². The molecule has 8 unspecified atom stereocenters. The molecule has 4 aliphatic carbocycles. The van der Waals surface area contributed by atoms with Crippen molar-refractivity contribution in [2.24, 2.45) is 34.5 Å². The Morgan fingerprint density at radius 1 is 1.09 bits per heavy atom. The number of rotatable bonds is 5. The first-order valence-electron chi connectivity index (χ1n) is 13.8. The highest BCUT2D eigenvalue weighted by Gasteiger charge is 2.56. The van der Waals surface area contributed by atoms with Gasteiger partial charge in [-0.25, -0.2) is 4.79 Å². The fourth-order valence-electron chi connectivity index (χ4n) is 8.49. The maximum atomic E-state index is 12.2. The first-order chi connectivity index (χ1) is 15.6. The van der Waals surface area contributed by atoms with Crippen LogP contribution in [0, 0.1) is 34.5 Å². The standard InChI is InChI=1S/C30H48O3/c1-8-21(5)32-28(31)33-23-13-15-29(6)22(18-23)9-10-24-26-12-11-25(20(4)17-19(2)3)30(26,7)16-14-27(24)29/h17,20-23,25-26H,8-16,18H2,1-7H3. The smallest absolute Gasteiger partial charge is 0.431 e. The lowest BCUT2D eigenvalue weighted by molar-refractivity contribution is -0.0375. The molecule has 3 heteroatoms. The molecule has 0 heterocycles. The van der Waals surface area contributed by atoms with Gasteiger partial charge in [-0.05, 0) is 119 Å². The molecular weight excluding hydrogens is 408 g/mol. The van der Waals surface area contributed by atoms with E-state index in [0.29, 0.717) is 22.7 Å². The second-order valence-corrected chi connectivity index (χ2v) is 12.6. The minimum absolute atomic E-state index is 0.0245. The van der Waals surface area contributed by atoms with E-state index in [1.165, 1.54) is 44.1 Å². The van der Waals surface area contributed by atoms with Gasteiger partial charge in [0.2, 0.25) is 0 Å². The summed E-state index contributed by atoms with van der Waals surface area (Å²) >= 11 is 0. The van der Waals surface area contributed by atoms with E-state index < -0.39 is 6.16 Å². The highest BCUT2D eigenvalue weighted by atomic mass is 16.7. The Kier molecular flexibility index (Phi) is 7.10. The molecule has 33 heavy (non-hydrogen) atoms. The van der Waals surface area contributed by atoms with Gasteiger partial charge in [-0.3, -0.25) is 0 Å². The normalized spacial score (nSPS) is 39.6. The van der Waals surface area contributed by atoms with Crippen LogP contribution < -0.4 is 0 Å². The van der Waals surface area contributed by atoms with Crippen LogP contribution in [0.1, 0.15) is 113 Å². The Morgan fingerprint density at radius 2 is 1.85 bits per heavy atom. The first kappa shape index (κ1) is 24.9. The van der Waals surface area contributed by atoms with Crippen molar-refractivity contribution < 1.29 is 14.3 Å². The van der Waals surface area contributed by atoms with E-state index in [1.807, 2.05) is 25.0 Å². The van der Waals surface area contributed by atoms with E-state index in [4.69, 9.17) is 9.47 Å². The molecule has 0 spiro atoms. The Labute approximate surface area is 202 Å². The van der Waals surface area contributed by atoms with Gasteiger partial charge >= 0.3 is 6.16 Å². The molecule has 0 aromatic carbocycles. The van der Waals surface area contributed by atoms with Gasteiger partial charge in [0.15, 0.2) is 0 Å². The number of ether oxygens (including phenoxy) is 2. The Bertz CT molecular complexity index is 805. The van der Waals surface area contributed by atoms with E-state index in [2.05, 4.69) is 40.7 Å². The summed E-state index contributed by atoms with van der Waals surface area (Å²) in [6.45, 7) is 16.1. The van der Waals surface area contributed by atoms with Crippen molar-refractivity contribution in [2.45, 2.75) is 125 Å². The molecule has 0 N–H and O–H groups in total. The molecule has 0 amide bonds. The fraction of sp³-hybridized carbons (Fsp3) is 0.833. The van der Waals surface area contributed by atoms with Crippen LogP contribution in [0.15, 0.2) is 22.8 Å². The van der Waals surface area contributed by atoms with Gasteiger partial charge in [0.25, 0.3) is 0 Å². The van der Waals surface area contributed by atoms with Crippen molar-refractivity contribution >= 4 is 6.16 Å². The Balaban J connectivity index is 1.48. The van der Waals surface area contributed by atoms with E-state index in [9.17, 15) is 4.79 Å². The van der Waals surface area contributed by atoms with E-state index in [1.54, 1.807) is 0 Å². The molecule has 0 radical (unpaired) electrons. The third-order valence-electron chi connectivity index (χ3n) is 10.4. The summed E-state index contributed by atoms with van der Waals surface area (Å²) in [4.78, 5) is 12.2. The van der Waals surface area contributed by atoms with Gasteiger partial charge < -0.3 is 9.47 Å². The molecule has 8 atom stereocenters. The monoisotopic (exact) mass is 456 g/mol. The average molecular weight is 457 g/mol. The van der Waals surface area contributed by atoms with Crippen molar-refractivity contribution in [3.05, 3.63) is 22.8 Å². The van der Waals surface area contributed by atoms with E-state index in [-0.39, 0.29) is 12.2 Å². The first-order valence-corrected chi connectivity index (χ1v) is 13.8. The number of carbonyl (C=O) groups is 1. The molecule has 3 nitrogen and oxygen atoms in total. The Morgan fingerprint density at radius 3 is 2.55 bits per heavy atom. The van der Waals surface area contributed by atoms with Crippen molar-refractivity contribution in [1.29, 1.82) is 0 Å². The maximum absolute atomic E-state index is 12.2. The van der Waals surface area contributed by atoms with E-state index >= 15 is 0 Å². The average Bonchev–Trinajstić information content (AvgIpc) is 3.10. The van der Waals surface area contributed by atoms with Crippen LogP contribution in [0.3, 0.4) is 0 Å². The lowest BCUT2D eigenvalue weighted by atomic mass is 9.50. The highest BCUT2D eigenvalue weighted by Crippen LogP contribution is 2.66. The third-order valence-corrected chi connectivity index (χ3v) is 10.4. The Hall–Kier alpha value is -1.25. The fourth-order valence-corrected chi connectivity index (χ4v) is 8.49. The van der Waals surface area contributed by atoms with Gasteiger partial charge in [-0.15, -0.1) is 0 Å². The molecule has 4 aliphatic rings. The lowest BCUT2D eigenvalue weighted by Gasteiger charge is -2.55. The molecule has 0 saturated heterocycles. The zero-order chi connectivity index (χ0) is 24.0. The molecule has 0 aromatic rings.